The van der Waals surface area contributed by atoms with E-state index >= 15 is 0 Å². The third-order valence-electron chi connectivity index (χ3n) is 5.41. The molecule has 2 heterocycles. The van der Waals surface area contributed by atoms with Crippen LogP contribution in [0.15, 0.2) is 65.7 Å². The number of nitrogens with zero attached hydrogens (tertiary/aromatic N) is 2. The zero-order valence-corrected chi connectivity index (χ0v) is 18.2. The molecule has 1 aromatic heterocycles. The number of hydrogen-bond acceptors (Lipinski definition) is 4. The van der Waals surface area contributed by atoms with Crippen molar-refractivity contribution in [2.75, 3.05) is 19.7 Å². The number of para-hydroxylation sites is 1. The fourth-order valence-electron chi connectivity index (χ4n) is 3.77. The van der Waals surface area contributed by atoms with Gasteiger partial charge < -0.3 is 9.64 Å². The summed E-state index contributed by atoms with van der Waals surface area (Å²) >= 11 is 1.79. The molecule has 2 aromatic carbocycles. The zero-order chi connectivity index (χ0) is 20.8. The SMILES string of the molecule is CCCCOC(=O)N1CCCC(Sc2nc3ccccc3cc2-c2ccccc2)C1. The summed E-state index contributed by atoms with van der Waals surface area (Å²) in [6.45, 7) is 4.09. The number of ether oxygens (including phenoxy) is 1. The van der Waals surface area contributed by atoms with Gasteiger partial charge in [0.15, 0.2) is 0 Å². The van der Waals surface area contributed by atoms with Gasteiger partial charge >= 0.3 is 6.09 Å². The fourth-order valence-corrected chi connectivity index (χ4v) is 5.08. The normalized spacial score (nSPS) is 16.6. The number of hydrogen-bond donors (Lipinski definition) is 0. The number of carbonyl (C=O) groups excluding carboxylic acids is 1. The van der Waals surface area contributed by atoms with E-state index in [2.05, 4.69) is 55.5 Å². The number of benzene rings is 2. The Kier molecular flexibility index (Phi) is 6.90. The number of aromatic nitrogens is 1. The minimum atomic E-state index is -0.177. The molecule has 4 rings (SSSR count). The monoisotopic (exact) mass is 420 g/mol. The van der Waals surface area contributed by atoms with Crippen LogP contribution in [0.3, 0.4) is 0 Å². The first-order valence-electron chi connectivity index (χ1n) is 10.8. The lowest BCUT2D eigenvalue weighted by atomic mass is 10.1. The third kappa shape index (κ3) is 4.96. The second kappa shape index (κ2) is 9.98. The predicted octanol–water partition coefficient (Wildman–Crippen LogP) is 6.40. The molecule has 1 amide bonds. The molecule has 0 N–H and O–H groups in total. The Morgan fingerprint density at radius 3 is 2.80 bits per heavy atom. The van der Waals surface area contributed by atoms with Crippen molar-refractivity contribution in [1.29, 1.82) is 0 Å². The van der Waals surface area contributed by atoms with Crippen molar-refractivity contribution in [2.24, 2.45) is 0 Å². The van der Waals surface area contributed by atoms with E-state index in [-0.39, 0.29) is 6.09 Å². The maximum Gasteiger partial charge on any atom is 0.409 e. The average molecular weight is 421 g/mol. The molecule has 1 aliphatic heterocycles. The molecule has 5 heteroatoms. The van der Waals surface area contributed by atoms with Gasteiger partial charge in [0, 0.05) is 29.3 Å². The molecule has 0 radical (unpaired) electrons. The van der Waals surface area contributed by atoms with Crippen molar-refractivity contribution in [1.82, 2.24) is 9.88 Å². The van der Waals surface area contributed by atoms with E-state index in [1.165, 1.54) is 5.56 Å². The average Bonchev–Trinajstić information content (AvgIpc) is 2.79. The van der Waals surface area contributed by atoms with E-state index in [9.17, 15) is 4.79 Å². The number of pyridine rings is 1. The van der Waals surface area contributed by atoms with Crippen LogP contribution in [0.25, 0.3) is 22.0 Å². The molecule has 0 aliphatic carbocycles. The summed E-state index contributed by atoms with van der Waals surface area (Å²) < 4.78 is 5.43. The second-order valence-corrected chi connectivity index (χ2v) is 8.98. The number of rotatable bonds is 6. The van der Waals surface area contributed by atoms with E-state index < -0.39 is 0 Å². The first-order valence-corrected chi connectivity index (χ1v) is 11.7. The molecule has 0 saturated carbocycles. The molecule has 1 atom stereocenters. The number of piperidine rings is 1. The summed E-state index contributed by atoms with van der Waals surface area (Å²) in [7, 11) is 0. The quantitative estimate of drug-likeness (QED) is 0.433. The molecule has 1 fully saturated rings. The molecule has 1 unspecified atom stereocenters. The Bertz CT molecular complexity index is 993. The van der Waals surface area contributed by atoms with Crippen LogP contribution >= 0.6 is 11.8 Å². The van der Waals surface area contributed by atoms with Crippen LogP contribution in [-0.4, -0.2) is 40.9 Å². The lowest BCUT2D eigenvalue weighted by Gasteiger charge is -2.31. The summed E-state index contributed by atoms with van der Waals surface area (Å²) in [4.78, 5) is 19.3. The van der Waals surface area contributed by atoms with Gasteiger partial charge in [0.1, 0.15) is 5.03 Å². The topological polar surface area (TPSA) is 42.4 Å². The Balaban J connectivity index is 1.56. The number of amides is 1. The minimum Gasteiger partial charge on any atom is -0.449 e. The van der Waals surface area contributed by atoms with Crippen molar-refractivity contribution < 1.29 is 9.53 Å². The Morgan fingerprint density at radius 1 is 1.17 bits per heavy atom. The van der Waals surface area contributed by atoms with Gasteiger partial charge in [-0.3, -0.25) is 0 Å². The number of fused-ring (bicyclic) bond motifs is 1. The van der Waals surface area contributed by atoms with Crippen LogP contribution in [0.1, 0.15) is 32.6 Å². The smallest absolute Gasteiger partial charge is 0.409 e. The van der Waals surface area contributed by atoms with Crippen molar-refractivity contribution in [3.63, 3.8) is 0 Å². The first kappa shape index (κ1) is 20.7. The molecular formula is C25H28N2O2S. The molecule has 4 nitrogen and oxygen atoms in total. The highest BCUT2D eigenvalue weighted by atomic mass is 32.2. The highest BCUT2D eigenvalue weighted by Crippen LogP contribution is 2.37. The molecule has 156 valence electrons. The van der Waals surface area contributed by atoms with Crippen LogP contribution in [-0.2, 0) is 4.74 Å². The predicted molar refractivity (Wildman–Crippen MR) is 124 cm³/mol. The van der Waals surface area contributed by atoms with E-state index in [0.717, 1.165) is 53.7 Å². The van der Waals surface area contributed by atoms with Crippen LogP contribution < -0.4 is 0 Å². The summed E-state index contributed by atoms with van der Waals surface area (Å²) in [5.74, 6) is 0. The van der Waals surface area contributed by atoms with Gasteiger partial charge in [0.05, 0.1) is 12.1 Å². The van der Waals surface area contributed by atoms with Gasteiger partial charge in [-0.15, -0.1) is 11.8 Å². The highest BCUT2D eigenvalue weighted by Gasteiger charge is 2.26. The first-order chi connectivity index (χ1) is 14.7. The number of carbonyl (C=O) groups is 1. The largest absolute Gasteiger partial charge is 0.449 e. The summed E-state index contributed by atoms with van der Waals surface area (Å²) in [6.07, 6.45) is 3.84. The van der Waals surface area contributed by atoms with E-state index in [0.29, 0.717) is 18.4 Å². The molecule has 1 aliphatic rings. The maximum absolute atomic E-state index is 12.4. The maximum atomic E-state index is 12.4. The summed E-state index contributed by atoms with van der Waals surface area (Å²) in [5, 5.41) is 2.49. The van der Waals surface area contributed by atoms with Gasteiger partial charge in [-0.1, -0.05) is 61.9 Å². The Morgan fingerprint density at radius 2 is 1.97 bits per heavy atom. The van der Waals surface area contributed by atoms with Crippen molar-refractivity contribution >= 4 is 28.8 Å². The molecule has 0 bridgehead atoms. The van der Waals surface area contributed by atoms with Gasteiger partial charge in [-0.2, -0.15) is 0 Å². The van der Waals surface area contributed by atoms with E-state index in [1.54, 1.807) is 11.8 Å². The highest BCUT2D eigenvalue weighted by molar-refractivity contribution is 8.00. The van der Waals surface area contributed by atoms with Crippen LogP contribution in [0.2, 0.25) is 0 Å². The zero-order valence-electron chi connectivity index (χ0n) is 17.4. The standard InChI is InChI=1S/C25H28N2O2S/c1-2-3-16-29-25(28)27-15-9-13-21(18-27)30-24-22(19-10-5-4-6-11-19)17-20-12-7-8-14-23(20)26-24/h4-8,10-12,14,17,21H,2-3,9,13,15-16,18H2,1H3. The summed E-state index contributed by atoms with van der Waals surface area (Å²) in [5.41, 5.74) is 3.33. The number of unbranched alkanes of at least 4 members (excludes halogenated alkanes) is 1. The van der Waals surface area contributed by atoms with E-state index in [4.69, 9.17) is 9.72 Å². The van der Waals surface area contributed by atoms with Gasteiger partial charge in [-0.05, 0) is 37.0 Å². The van der Waals surface area contributed by atoms with Crippen molar-refractivity contribution in [3.8, 4) is 11.1 Å². The fraction of sp³-hybridized carbons (Fsp3) is 0.360. The van der Waals surface area contributed by atoms with Crippen molar-refractivity contribution in [3.05, 3.63) is 60.7 Å². The summed E-state index contributed by atoms with van der Waals surface area (Å²) in [6, 6.07) is 20.9. The molecule has 0 spiro atoms. The van der Waals surface area contributed by atoms with Crippen LogP contribution in [0, 0.1) is 0 Å². The lowest BCUT2D eigenvalue weighted by Crippen LogP contribution is -2.41. The number of likely N-dealkylation sites (tertiary alicyclic amines) is 1. The molecular weight excluding hydrogens is 392 g/mol. The molecule has 3 aromatic rings. The van der Waals surface area contributed by atoms with Gasteiger partial charge in [0.2, 0.25) is 0 Å². The Labute approximate surface area is 182 Å². The van der Waals surface area contributed by atoms with E-state index in [1.807, 2.05) is 17.0 Å². The molecule has 30 heavy (non-hydrogen) atoms. The van der Waals surface area contributed by atoms with Crippen molar-refractivity contribution in [2.45, 2.75) is 42.9 Å². The van der Waals surface area contributed by atoms with Crippen LogP contribution in [0.5, 0.6) is 0 Å². The van der Waals surface area contributed by atoms with Gasteiger partial charge in [0.25, 0.3) is 0 Å². The van der Waals surface area contributed by atoms with Crippen LogP contribution in [0.4, 0.5) is 4.79 Å². The van der Waals surface area contributed by atoms with Gasteiger partial charge in [-0.25, -0.2) is 9.78 Å². The second-order valence-electron chi connectivity index (χ2n) is 7.70. The third-order valence-corrected chi connectivity index (χ3v) is 6.66. The Hall–Kier alpha value is -2.53. The lowest BCUT2D eigenvalue weighted by molar-refractivity contribution is 0.0950. The number of thioether (sulfide) groups is 1. The minimum absolute atomic E-state index is 0.177. The molecule has 1 saturated heterocycles.